The van der Waals surface area contributed by atoms with Gasteiger partial charge in [-0.3, -0.25) is 4.99 Å². The SMILES string of the molecule is C=C/C=C\C=C(/C)C(N)=NC(=NCC(/C=C\C)=C/C)c1ccc2c(c1)C(C)(C)c1cccc3cccc(-c4ccccc4)cc(C)n-2c13. The zero-order chi connectivity index (χ0) is 34.3. The molecule has 5 rings (SSSR count). The summed E-state index contributed by atoms with van der Waals surface area (Å²) >= 11 is 0. The molecule has 4 nitrogen and oxygen atoms in total. The molecule has 48 heavy (non-hydrogen) atoms. The van der Waals surface area contributed by atoms with Crippen molar-refractivity contribution in [2.24, 2.45) is 15.7 Å². The normalized spacial score (nSPS) is 14.8. The van der Waals surface area contributed by atoms with E-state index < -0.39 is 0 Å². The third-order valence-electron chi connectivity index (χ3n) is 8.90. The molecule has 2 heterocycles. The van der Waals surface area contributed by atoms with Crippen LogP contribution in [0.15, 0.2) is 161 Å². The van der Waals surface area contributed by atoms with Crippen molar-refractivity contribution in [1.29, 1.82) is 0 Å². The maximum Gasteiger partial charge on any atom is 0.157 e. The van der Waals surface area contributed by atoms with Gasteiger partial charge in [-0.2, -0.15) is 0 Å². The summed E-state index contributed by atoms with van der Waals surface area (Å²) in [5.74, 6) is 1.03. The van der Waals surface area contributed by atoms with E-state index in [0.717, 1.165) is 33.7 Å². The van der Waals surface area contributed by atoms with Gasteiger partial charge in [0.15, 0.2) is 5.84 Å². The van der Waals surface area contributed by atoms with Crippen molar-refractivity contribution in [2.75, 3.05) is 6.54 Å². The minimum absolute atomic E-state index is 0.295. The van der Waals surface area contributed by atoms with Gasteiger partial charge < -0.3 is 10.3 Å². The van der Waals surface area contributed by atoms with E-state index in [0.29, 0.717) is 18.2 Å². The predicted octanol–water partition coefficient (Wildman–Crippen LogP) is 10.7. The van der Waals surface area contributed by atoms with Gasteiger partial charge in [-0.05, 0) is 90.7 Å². The van der Waals surface area contributed by atoms with E-state index in [1.807, 2.05) is 45.1 Å². The van der Waals surface area contributed by atoms with Gasteiger partial charge in [0.05, 0.1) is 12.1 Å². The van der Waals surface area contributed by atoms with Crippen LogP contribution in [-0.4, -0.2) is 22.8 Å². The number of nitrogens with two attached hydrogens (primary N) is 1. The fraction of sp³-hybridized carbons (Fsp3) is 0.182. The first-order valence-corrected chi connectivity index (χ1v) is 16.5. The van der Waals surface area contributed by atoms with Crippen LogP contribution in [0.2, 0.25) is 0 Å². The average molecular weight is 631 g/mol. The monoisotopic (exact) mass is 630 g/mol. The van der Waals surface area contributed by atoms with Crippen molar-refractivity contribution in [3.63, 3.8) is 0 Å². The maximum absolute atomic E-state index is 6.57. The Balaban J connectivity index is 1.77. The van der Waals surface area contributed by atoms with Crippen molar-refractivity contribution >= 4 is 22.6 Å². The number of rotatable bonds is 8. The van der Waals surface area contributed by atoms with Gasteiger partial charge in [0.1, 0.15) is 5.84 Å². The van der Waals surface area contributed by atoms with E-state index in [2.05, 4.69) is 135 Å². The summed E-state index contributed by atoms with van der Waals surface area (Å²) < 4.78 is 2.42. The molecule has 3 aromatic carbocycles. The van der Waals surface area contributed by atoms with Crippen LogP contribution in [0.5, 0.6) is 0 Å². The largest absolute Gasteiger partial charge is 0.383 e. The number of amidine groups is 2. The first kappa shape index (κ1) is 33.9. The van der Waals surface area contributed by atoms with Crippen LogP contribution >= 0.6 is 0 Å². The third kappa shape index (κ3) is 7.08. The molecule has 0 atom stereocenters. The lowest BCUT2D eigenvalue weighted by molar-refractivity contribution is 0.626. The summed E-state index contributed by atoms with van der Waals surface area (Å²) in [6.45, 7) is 17.1. The van der Waals surface area contributed by atoms with Gasteiger partial charge in [0, 0.05) is 22.4 Å². The van der Waals surface area contributed by atoms with Crippen molar-refractivity contribution in [3.05, 3.63) is 174 Å². The first-order valence-electron chi connectivity index (χ1n) is 16.5. The Hall–Kier alpha value is -5.48. The van der Waals surface area contributed by atoms with Crippen LogP contribution in [0.3, 0.4) is 0 Å². The van der Waals surface area contributed by atoms with Crippen LogP contribution in [-0.2, 0) is 5.41 Å². The number of allylic oxidation sites excluding steroid dienone is 6. The average Bonchev–Trinajstić information content (AvgIpc) is 3.16. The molecule has 0 fully saturated rings. The summed E-state index contributed by atoms with van der Waals surface area (Å²) in [7, 11) is 0. The Kier molecular flexibility index (Phi) is 10.6. The molecule has 0 spiro atoms. The van der Waals surface area contributed by atoms with E-state index in [1.54, 1.807) is 6.08 Å². The Morgan fingerprint density at radius 3 is 2.31 bits per heavy atom. The number of para-hydroxylation sites is 1. The fourth-order valence-corrected chi connectivity index (χ4v) is 6.23. The van der Waals surface area contributed by atoms with E-state index in [9.17, 15) is 0 Å². The number of aliphatic imine (C=N–C) groups is 2. The Bertz CT molecular complexity index is 2080. The summed E-state index contributed by atoms with van der Waals surface area (Å²) in [6.07, 6.45) is 13.6. The third-order valence-corrected chi connectivity index (χ3v) is 8.90. The molecule has 0 saturated heterocycles. The quantitative estimate of drug-likeness (QED) is 0.118. The Morgan fingerprint density at radius 2 is 1.60 bits per heavy atom. The van der Waals surface area contributed by atoms with Crippen LogP contribution in [0.4, 0.5) is 0 Å². The number of nitrogens with zero attached hydrogens (tertiary/aromatic N) is 3. The zero-order valence-corrected chi connectivity index (χ0v) is 29.0. The number of fused-ring (bicyclic) bond motifs is 2. The fourth-order valence-electron chi connectivity index (χ4n) is 6.23. The highest BCUT2D eigenvalue weighted by atomic mass is 15.0. The lowest BCUT2D eigenvalue weighted by atomic mass is 9.74. The molecule has 0 amide bonds. The minimum atomic E-state index is -0.295. The van der Waals surface area contributed by atoms with Crippen LogP contribution in [0.1, 0.15) is 57.0 Å². The number of benzene rings is 3. The molecular formula is C44H46N4. The van der Waals surface area contributed by atoms with Crippen molar-refractivity contribution in [2.45, 2.75) is 47.0 Å². The highest BCUT2D eigenvalue weighted by molar-refractivity contribution is 6.11. The van der Waals surface area contributed by atoms with Gasteiger partial charge in [0.25, 0.3) is 0 Å². The van der Waals surface area contributed by atoms with Crippen molar-refractivity contribution < 1.29 is 0 Å². The van der Waals surface area contributed by atoms with Gasteiger partial charge >= 0.3 is 0 Å². The Morgan fingerprint density at radius 1 is 0.875 bits per heavy atom. The van der Waals surface area contributed by atoms with Gasteiger partial charge in [-0.1, -0.05) is 130 Å². The molecule has 4 heteroatoms. The lowest BCUT2D eigenvalue weighted by Gasteiger charge is -2.36. The molecule has 0 saturated carbocycles. The van der Waals surface area contributed by atoms with Gasteiger partial charge in [-0.25, -0.2) is 4.99 Å². The summed E-state index contributed by atoms with van der Waals surface area (Å²) in [6, 6.07) is 32.7. The van der Waals surface area contributed by atoms with Gasteiger partial charge in [0.2, 0.25) is 0 Å². The molecule has 1 aromatic heterocycles. The molecular weight excluding hydrogens is 585 g/mol. The lowest BCUT2D eigenvalue weighted by Crippen LogP contribution is -2.28. The maximum atomic E-state index is 6.57. The first-order chi connectivity index (χ1) is 23.2. The molecule has 1 aliphatic heterocycles. The number of hydrogen-bond acceptors (Lipinski definition) is 1. The Labute approximate surface area is 286 Å². The van der Waals surface area contributed by atoms with E-state index in [1.165, 1.54) is 27.6 Å². The molecule has 2 N–H and O–H groups in total. The van der Waals surface area contributed by atoms with Gasteiger partial charge in [-0.15, -0.1) is 0 Å². The standard InChI is InChI=1S/C44H46N4/c1-8-11-13-19-31(4)42(45)47-43(46-30-33(10-3)18-9-2)37-26-27-40-39(29-37)44(6,7)38-25-17-23-35-22-16-24-36(34-20-14-12-15-21-34)28-32(5)48(40)41(35)38/h8-29H,1,30H2,2-7H3,(H2,45,46,47)/b13-11-,18-9-,22-16?,31-19+,32-28?,33-10+,36-24?. The van der Waals surface area contributed by atoms with Crippen molar-refractivity contribution in [1.82, 2.24) is 4.57 Å². The number of aryl methyl sites for hydroxylation is 1. The zero-order valence-electron chi connectivity index (χ0n) is 29.0. The van der Waals surface area contributed by atoms with Crippen molar-refractivity contribution in [3.8, 4) is 16.8 Å². The van der Waals surface area contributed by atoms with Crippen LogP contribution < -0.4 is 5.73 Å². The van der Waals surface area contributed by atoms with E-state index >= 15 is 0 Å². The minimum Gasteiger partial charge on any atom is -0.383 e. The summed E-state index contributed by atoms with van der Waals surface area (Å²) in [5, 5.41) is 1.18. The second-order valence-electron chi connectivity index (χ2n) is 12.5. The topological polar surface area (TPSA) is 55.7 Å². The number of hydrogen-bond donors (Lipinski definition) is 1. The summed E-state index contributed by atoms with van der Waals surface area (Å²) in [4.78, 5) is 9.95. The molecule has 0 bridgehead atoms. The smallest absolute Gasteiger partial charge is 0.157 e. The molecule has 4 aromatic rings. The van der Waals surface area contributed by atoms with E-state index in [-0.39, 0.29) is 5.41 Å². The molecule has 0 radical (unpaired) electrons. The number of aromatic nitrogens is 1. The highest BCUT2D eigenvalue weighted by Gasteiger charge is 2.34. The predicted molar refractivity (Wildman–Crippen MR) is 208 cm³/mol. The second kappa shape index (κ2) is 15.0. The van der Waals surface area contributed by atoms with Crippen LogP contribution in [0.25, 0.3) is 27.7 Å². The second-order valence-corrected chi connectivity index (χ2v) is 12.5. The molecule has 0 unspecified atom stereocenters. The molecule has 1 aliphatic rings. The molecule has 242 valence electrons. The van der Waals surface area contributed by atoms with Crippen LogP contribution in [0, 0.1) is 6.92 Å². The highest BCUT2D eigenvalue weighted by Crippen LogP contribution is 2.44. The summed E-state index contributed by atoms with van der Waals surface area (Å²) in [5.41, 5.74) is 17.5. The van der Waals surface area contributed by atoms with E-state index in [4.69, 9.17) is 15.7 Å². The molecule has 0 aliphatic carbocycles.